The lowest BCUT2D eigenvalue weighted by Crippen LogP contribution is -2.41. The number of rotatable bonds is 2. The Kier molecular flexibility index (Phi) is 4.36. The maximum absolute atomic E-state index is 12.1. The lowest BCUT2D eigenvalue weighted by Gasteiger charge is -2.32. The molecule has 22 heavy (non-hydrogen) atoms. The number of hydrogen-bond donors (Lipinski definition) is 0. The number of carbonyl (C=O) groups is 1. The van der Waals surface area contributed by atoms with Crippen LogP contribution in [0.4, 0.5) is 13.2 Å². The Morgan fingerprint density at radius 1 is 1.27 bits per heavy atom. The molecule has 1 fully saturated rings. The molecule has 0 aromatic rings. The quantitative estimate of drug-likeness (QED) is 0.730. The van der Waals surface area contributed by atoms with Gasteiger partial charge in [0, 0.05) is 6.54 Å². The summed E-state index contributed by atoms with van der Waals surface area (Å²) < 4.78 is 48.2. The van der Waals surface area contributed by atoms with Gasteiger partial charge in [-0.3, -0.25) is 0 Å². The summed E-state index contributed by atoms with van der Waals surface area (Å²) >= 11 is 0. The van der Waals surface area contributed by atoms with Crippen LogP contribution in [0.3, 0.4) is 0 Å². The summed E-state index contributed by atoms with van der Waals surface area (Å²) in [6.07, 6.45) is -2.91. The molecule has 0 atom stereocenters. The average Bonchev–Trinajstić information content (AvgIpc) is 2.58. The molecule has 9 heteroatoms. The average molecular weight is 321 g/mol. The summed E-state index contributed by atoms with van der Waals surface area (Å²) in [6.45, 7) is 7.93. The van der Waals surface area contributed by atoms with Gasteiger partial charge in [0.15, 0.2) is 0 Å². The fraction of sp³-hybridized carbons (Fsp3) is 0.769. The van der Waals surface area contributed by atoms with E-state index >= 15 is 0 Å². The van der Waals surface area contributed by atoms with Gasteiger partial charge in [-0.2, -0.15) is 13.2 Å². The van der Waals surface area contributed by atoms with Crippen LogP contribution < -0.4 is 0 Å². The minimum absolute atomic E-state index is 0.0707. The summed E-state index contributed by atoms with van der Waals surface area (Å²) in [5.74, 6) is -2.21. The standard InChI is InChI=1S/C13H19BF3NO4/c1-11(2)12(3,4)22-14(21-11)9-5-7-18(8-6-9)20-10(19)13(15,16)17/h5H,6-8H2,1-4H3. The van der Waals surface area contributed by atoms with Crippen LogP contribution in [0.1, 0.15) is 34.1 Å². The topological polar surface area (TPSA) is 48.0 Å². The fourth-order valence-corrected chi connectivity index (χ4v) is 2.13. The molecule has 0 unspecified atom stereocenters. The van der Waals surface area contributed by atoms with Gasteiger partial charge in [-0.05, 0) is 39.6 Å². The maximum atomic E-state index is 12.1. The predicted molar refractivity (Wildman–Crippen MR) is 72.5 cm³/mol. The molecule has 2 rings (SSSR count). The molecule has 2 heterocycles. The van der Waals surface area contributed by atoms with Crippen LogP contribution in [-0.4, -0.2) is 48.6 Å². The molecule has 0 aromatic carbocycles. The molecular weight excluding hydrogens is 302 g/mol. The highest BCUT2D eigenvalue weighted by atomic mass is 19.4. The predicted octanol–water partition coefficient (Wildman–Crippen LogP) is 2.27. The summed E-state index contributed by atoms with van der Waals surface area (Å²) in [5.41, 5.74) is -0.102. The van der Waals surface area contributed by atoms with Crippen molar-refractivity contribution in [3.63, 3.8) is 0 Å². The summed E-state index contributed by atoms with van der Waals surface area (Å²) in [6, 6.07) is 0. The van der Waals surface area contributed by atoms with Crippen molar-refractivity contribution < 1.29 is 32.1 Å². The van der Waals surface area contributed by atoms with Crippen LogP contribution in [0.15, 0.2) is 11.5 Å². The summed E-state index contributed by atoms with van der Waals surface area (Å²) in [7, 11) is -0.523. The highest BCUT2D eigenvalue weighted by molar-refractivity contribution is 6.54. The van der Waals surface area contributed by atoms with Crippen molar-refractivity contribution in [1.29, 1.82) is 0 Å². The first-order chi connectivity index (χ1) is 9.92. The van der Waals surface area contributed by atoms with Gasteiger partial charge < -0.3 is 14.1 Å². The molecule has 0 N–H and O–H groups in total. The van der Waals surface area contributed by atoms with Crippen molar-refractivity contribution in [2.45, 2.75) is 51.5 Å². The van der Waals surface area contributed by atoms with Crippen molar-refractivity contribution in [3.05, 3.63) is 11.5 Å². The third-order valence-corrected chi connectivity index (χ3v) is 4.21. The monoisotopic (exact) mass is 321 g/mol. The zero-order valence-electron chi connectivity index (χ0n) is 13.0. The SMILES string of the molecule is CC1(C)OB(C2=CCN(OC(=O)C(F)(F)F)CC2)OC1(C)C. The van der Waals surface area contributed by atoms with Gasteiger partial charge in [0.25, 0.3) is 0 Å². The third kappa shape index (κ3) is 3.47. The zero-order valence-corrected chi connectivity index (χ0v) is 13.0. The summed E-state index contributed by atoms with van der Waals surface area (Å²) in [4.78, 5) is 15.1. The van der Waals surface area contributed by atoms with E-state index in [1.54, 1.807) is 6.08 Å². The van der Waals surface area contributed by atoms with Gasteiger partial charge in [0.2, 0.25) is 0 Å². The fourth-order valence-electron chi connectivity index (χ4n) is 2.13. The van der Waals surface area contributed by atoms with Gasteiger partial charge >= 0.3 is 19.3 Å². The van der Waals surface area contributed by atoms with Crippen molar-refractivity contribution in [1.82, 2.24) is 5.06 Å². The van der Waals surface area contributed by atoms with Crippen LogP contribution >= 0.6 is 0 Å². The molecule has 1 saturated heterocycles. The van der Waals surface area contributed by atoms with Crippen LogP contribution in [0.25, 0.3) is 0 Å². The van der Waals surface area contributed by atoms with Gasteiger partial charge in [-0.25, -0.2) is 4.79 Å². The van der Waals surface area contributed by atoms with Crippen molar-refractivity contribution in [2.75, 3.05) is 13.1 Å². The van der Waals surface area contributed by atoms with Gasteiger partial charge in [-0.1, -0.05) is 6.08 Å². The first kappa shape index (κ1) is 17.3. The molecule has 2 aliphatic rings. The number of alkyl halides is 3. The second-order valence-electron chi connectivity index (χ2n) is 6.38. The first-order valence-corrected chi connectivity index (χ1v) is 7.01. The minimum atomic E-state index is -4.99. The number of hydroxylamine groups is 2. The second kappa shape index (κ2) is 5.54. The van der Waals surface area contributed by atoms with E-state index in [0.717, 1.165) is 10.5 Å². The Labute approximate surface area is 127 Å². The molecule has 0 radical (unpaired) electrons. The highest BCUT2D eigenvalue weighted by Gasteiger charge is 2.52. The number of halogens is 3. The molecule has 0 spiro atoms. The number of nitrogens with zero attached hydrogens (tertiary/aromatic N) is 1. The van der Waals surface area contributed by atoms with Gasteiger partial charge in [0.1, 0.15) is 0 Å². The Morgan fingerprint density at radius 2 is 1.82 bits per heavy atom. The second-order valence-corrected chi connectivity index (χ2v) is 6.38. The Balaban J connectivity index is 1.95. The van der Waals surface area contributed by atoms with Crippen molar-refractivity contribution in [3.8, 4) is 0 Å². The van der Waals surface area contributed by atoms with Crippen molar-refractivity contribution in [2.24, 2.45) is 0 Å². The molecule has 0 saturated carbocycles. The molecule has 0 aromatic heterocycles. The van der Waals surface area contributed by atoms with E-state index < -0.39 is 30.5 Å². The minimum Gasteiger partial charge on any atom is -0.400 e. The normalized spacial score (nSPS) is 25.0. The van der Waals surface area contributed by atoms with Gasteiger partial charge in [0.05, 0.1) is 17.7 Å². The Hall–Kier alpha value is -1.06. The van der Waals surface area contributed by atoms with Crippen LogP contribution in [0.2, 0.25) is 0 Å². The van der Waals surface area contributed by atoms with E-state index in [4.69, 9.17) is 9.31 Å². The maximum Gasteiger partial charge on any atom is 0.492 e. The largest absolute Gasteiger partial charge is 0.492 e. The number of carbonyl (C=O) groups excluding carboxylic acids is 1. The zero-order chi connectivity index (χ0) is 16.8. The molecule has 5 nitrogen and oxygen atoms in total. The van der Waals surface area contributed by atoms with E-state index in [2.05, 4.69) is 4.84 Å². The lowest BCUT2D eigenvalue weighted by molar-refractivity contribution is -0.237. The first-order valence-electron chi connectivity index (χ1n) is 7.01. The molecule has 0 bridgehead atoms. The van der Waals surface area contributed by atoms with E-state index in [0.29, 0.717) is 6.42 Å². The van der Waals surface area contributed by atoms with Crippen LogP contribution in [-0.2, 0) is 18.9 Å². The number of hydrogen-bond acceptors (Lipinski definition) is 5. The smallest absolute Gasteiger partial charge is 0.400 e. The Bertz CT molecular complexity index is 474. The summed E-state index contributed by atoms with van der Waals surface area (Å²) in [5, 5.41) is 0.977. The van der Waals surface area contributed by atoms with Crippen molar-refractivity contribution >= 4 is 13.1 Å². The molecule has 0 amide bonds. The highest BCUT2D eigenvalue weighted by Crippen LogP contribution is 2.39. The molecule has 2 aliphatic heterocycles. The van der Waals surface area contributed by atoms with Gasteiger partial charge in [-0.15, -0.1) is 5.06 Å². The van der Waals surface area contributed by atoms with E-state index in [1.807, 2.05) is 27.7 Å². The van der Waals surface area contributed by atoms with Crippen LogP contribution in [0.5, 0.6) is 0 Å². The molecule has 124 valence electrons. The third-order valence-electron chi connectivity index (χ3n) is 4.21. The molecular formula is C13H19BF3NO4. The van der Waals surface area contributed by atoms with Crippen LogP contribution in [0, 0.1) is 0 Å². The molecule has 0 aliphatic carbocycles. The van der Waals surface area contributed by atoms with E-state index in [-0.39, 0.29) is 13.1 Å². The Morgan fingerprint density at radius 3 is 2.23 bits per heavy atom. The van der Waals surface area contributed by atoms with E-state index in [9.17, 15) is 18.0 Å². The lowest BCUT2D eigenvalue weighted by atomic mass is 9.75. The van der Waals surface area contributed by atoms with E-state index in [1.165, 1.54) is 0 Å².